The van der Waals surface area contributed by atoms with Gasteiger partial charge in [0, 0.05) is 30.9 Å². The number of rotatable bonds is 6. The number of nitrogens with two attached hydrogens (primary N) is 1. The Morgan fingerprint density at radius 2 is 2.04 bits per heavy atom. The Labute approximate surface area is 150 Å². The topological polar surface area (TPSA) is 76.8 Å². The Balaban J connectivity index is 1.73. The summed E-state index contributed by atoms with van der Waals surface area (Å²) in [4.78, 5) is 14.0. The zero-order valence-electron chi connectivity index (χ0n) is 15.9. The number of nitrogen functional groups attached to an aromatic ring is 1. The Bertz CT molecular complexity index is 596. The minimum atomic E-state index is -0.452. The van der Waals surface area contributed by atoms with Crippen LogP contribution in [0.15, 0.2) is 12.1 Å². The quantitative estimate of drug-likeness (QED) is 0.610. The second kappa shape index (κ2) is 8.43. The van der Waals surface area contributed by atoms with Crippen LogP contribution in [0.4, 0.5) is 10.5 Å². The second-order valence-corrected chi connectivity index (χ2v) is 7.48. The van der Waals surface area contributed by atoms with E-state index in [0.717, 1.165) is 50.3 Å². The zero-order chi connectivity index (χ0) is 18.4. The summed E-state index contributed by atoms with van der Waals surface area (Å²) in [6, 6.07) is 3.87. The molecule has 1 aliphatic rings. The van der Waals surface area contributed by atoms with E-state index in [4.69, 9.17) is 15.2 Å². The molecule has 140 valence electrons. The first kappa shape index (κ1) is 19.4. The summed E-state index contributed by atoms with van der Waals surface area (Å²) in [6.45, 7) is 9.08. The lowest BCUT2D eigenvalue weighted by Crippen LogP contribution is -2.34. The van der Waals surface area contributed by atoms with E-state index in [1.54, 1.807) is 7.11 Å². The monoisotopic (exact) mass is 349 g/mol. The van der Waals surface area contributed by atoms with E-state index in [0.29, 0.717) is 6.54 Å². The Morgan fingerprint density at radius 3 is 2.72 bits per heavy atom. The van der Waals surface area contributed by atoms with Crippen LogP contribution >= 0.6 is 0 Å². The zero-order valence-corrected chi connectivity index (χ0v) is 15.9. The Kier molecular flexibility index (Phi) is 6.53. The van der Waals surface area contributed by atoms with Gasteiger partial charge in [0.05, 0.1) is 7.11 Å². The van der Waals surface area contributed by atoms with Crippen molar-refractivity contribution in [2.75, 3.05) is 32.5 Å². The summed E-state index contributed by atoms with van der Waals surface area (Å²) in [7, 11) is 1.70. The number of amides is 1. The van der Waals surface area contributed by atoms with Gasteiger partial charge in [-0.25, -0.2) is 4.79 Å². The number of nitrogens with zero attached hydrogens (tertiary/aromatic N) is 1. The third-order valence-corrected chi connectivity index (χ3v) is 4.27. The maximum absolute atomic E-state index is 11.6. The molecule has 0 radical (unpaired) electrons. The molecule has 0 bridgehead atoms. The van der Waals surface area contributed by atoms with Crippen molar-refractivity contribution in [2.24, 2.45) is 0 Å². The van der Waals surface area contributed by atoms with Crippen LogP contribution in [0.25, 0.3) is 0 Å². The van der Waals surface area contributed by atoms with E-state index >= 15 is 0 Å². The lowest BCUT2D eigenvalue weighted by molar-refractivity contribution is 0.0526. The van der Waals surface area contributed by atoms with Gasteiger partial charge in [0.2, 0.25) is 0 Å². The molecular weight excluding hydrogens is 318 g/mol. The van der Waals surface area contributed by atoms with Crippen molar-refractivity contribution in [1.82, 2.24) is 10.2 Å². The number of unbranched alkanes of at least 4 members (excludes halogenated alkanes) is 1. The molecule has 0 saturated heterocycles. The lowest BCUT2D eigenvalue weighted by atomic mass is 9.96. The third-order valence-electron chi connectivity index (χ3n) is 4.27. The summed E-state index contributed by atoms with van der Waals surface area (Å²) in [5.74, 6) is 0.936. The number of benzene rings is 1. The molecule has 1 aromatic rings. The number of carbonyl (C=O) groups excluding carboxylic acids is 1. The summed E-state index contributed by atoms with van der Waals surface area (Å²) < 4.78 is 10.7. The molecule has 6 heteroatoms. The molecule has 0 atom stereocenters. The van der Waals surface area contributed by atoms with Crippen molar-refractivity contribution in [3.05, 3.63) is 23.3 Å². The van der Waals surface area contributed by atoms with E-state index in [1.807, 2.05) is 32.9 Å². The summed E-state index contributed by atoms with van der Waals surface area (Å²) >= 11 is 0. The first-order valence-corrected chi connectivity index (χ1v) is 8.93. The molecule has 0 spiro atoms. The first-order chi connectivity index (χ1) is 11.8. The van der Waals surface area contributed by atoms with E-state index in [1.165, 1.54) is 11.1 Å². The largest absolute Gasteiger partial charge is 0.496 e. The predicted octanol–water partition coefficient (Wildman–Crippen LogP) is 2.94. The van der Waals surface area contributed by atoms with E-state index in [2.05, 4.69) is 10.2 Å². The van der Waals surface area contributed by atoms with Crippen LogP contribution in [-0.4, -0.2) is 43.3 Å². The van der Waals surface area contributed by atoms with Crippen molar-refractivity contribution in [3.63, 3.8) is 0 Å². The molecule has 0 aliphatic carbocycles. The molecule has 6 nitrogen and oxygen atoms in total. The van der Waals surface area contributed by atoms with Crippen molar-refractivity contribution >= 4 is 11.8 Å². The highest BCUT2D eigenvalue weighted by molar-refractivity contribution is 5.67. The molecule has 2 rings (SSSR count). The fraction of sp³-hybridized carbons (Fsp3) is 0.632. The van der Waals surface area contributed by atoms with E-state index in [9.17, 15) is 4.79 Å². The first-order valence-electron chi connectivity index (χ1n) is 8.93. The van der Waals surface area contributed by atoms with Crippen LogP contribution in [0.1, 0.15) is 44.7 Å². The number of hydrogen-bond acceptors (Lipinski definition) is 5. The molecule has 0 aromatic heterocycles. The smallest absolute Gasteiger partial charge is 0.407 e. The maximum Gasteiger partial charge on any atom is 0.407 e. The van der Waals surface area contributed by atoms with Crippen molar-refractivity contribution in [3.8, 4) is 5.75 Å². The number of ether oxygens (including phenoxy) is 2. The van der Waals surface area contributed by atoms with Crippen molar-refractivity contribution < 1.29 is 14.3 Å². The van der Waals surface area contributed by atoms with E-state index < -0.39 is 5.60 Å². The minimum Gasteiger partial charge on any atom is -0.496 e. The SMILES string of the molecule is COc1ccc(N)c2c1CCN(CCCCNC(=O)OC(C)(C)C)C2. The minimum absolute atomic E-state index is 0.348. The highest BCUT2D eigenvalue weighted by Gasteiger charge is 2.21. The van der Waals surface area contributed by atoms with Crippen LogP contribution in [0, 0.1) is 0 Å². The molecule has 0 saturated carbocycles. The van der Waals surface area contributed by atoms with Crippen LogP contribution in [-0.2, 0) is 17.7 Å². The number of anilines is 1. The van der Waals surface area contributed by atoms with Gasteiger partial charge in [-0.1, -0.05) is 0 Å². The Morgan fingerprint density at radius 1 is 1.28 bits per heavy atom. The van der Waals surface area contributed by atoms with Gasteiger partial charge < -0.3 is 20.5 Å². The normalized spacial score (nSPS) is 14.7. The van der Waals surface area contributed by atoms with Gasteiger partial charge in [0.1, 0.15) is 11.4 Å². The molecule has 3 N–H and O–H groups in total. The summed E-state index contributed by atoms with van der Waals surface area (Å²) in [6.07, 6.45) is 2.56. The predicted molar refractivity (Wildman–Crippen MR) is 99.9 cm³/mol. The van der Waals surface area contributed by atoms with Gasteiger partial charge in [0.15, 0.2) is 0 Å². The highest BCUT2D eigenvalue weighted by Crippen LogP contribution is 2.32. The maximum atomic E-state index is 11.6. The van der Waals surface area contributed by atoms with Crippen LogP contribution in [0.2, 0.25) is 0 Å². The number of alkyl carbamates (subject to hydrolysis) is 1. The van der Waals surface area contributed by atoms with Crippen LogP contribution in [0.3, 0.4) is 0 Å². The second-order valence-electron chi connectivity index (χ2n) is 7.48. The van der Waals surface area contributed by atoms with Gasteiger partial charge >= 0.3 is 6.09 Å². The highest BCUT2D eigenvalue weighted by atomic mass is 16.6. The number of hydrogen-bond donors (Lipinski definition) is 2. The molecule has 25 heavy (non-hydrogen) atoms. The fourth-order valence-electron chi connectivity index (χ4n) is 3.07. The lowest BCUT2D eigenvalue weighted by Gasteiger charge is -2.30. The molecular formula is C19H31N3O3. The molecule has 1 heterocycles. The van der Waals surface area contributed by atoms with Gasteiger partial charge in [0.25, 0.3) is 0 Å². The summed E-state index contributed by atoms with van der Waals surface area (Å²) in [5.41, 5.74) is 8.96. The van der Waals surface area contributed by atoms with Gasteiger partial charge in [-0.05, 0) is 64.3 Å². The van der Waals surface area contributed by atoms with Crippen LogP contribution < -0.4 is 15.8 Å². The molecule has 0 unspecified atom stereocenters. The molecule has 1 aromatic carbocycles. The average molecular weight is 349 g/mol. The number of methoxy groups -OCH3 is 1. The van der Waals surface area contributed by atoms with E-state index in [-0.39, 0.29) is 6.09 Å². The standard InChI is InChI=1S/C19H31N3O3/c1-19(2,3)25-18(23)21-10-5-6-11-22-12-9-14-15(13-22)16(20)7-8-17(14)24-4/h7-8H,5-6,9-13,20H2,1-4H3,(H,21,23). The molecule has 1 aliphatic heterocycles. The van der Waals surface area contributed by atoms with Crippen molar-refractivity contribution in [1.29, 1.82) is 0 Å². The molecule has 0 fully saturated rings. The average Bonchev–Trinajstić information content (AvgIpc) is 2.53. The number of fused-ring (bicyclic) bond motifs is 1. The third kappa shape index (κ3) is 5.81. The van der Waals surface area contributed by atoms with Gasteiger partial charge in [-0.15, -0.1) is 0 Å². The van der Waals surface area contributed by atoms with Crippen molar-refractivity contribution in [2.45, 2.75) is 52.2 Å². The fourth-order valence-corrected chi connectivity index (χ4v) is 3.07. The van der Waals surface area contributed by atoms with Gasteiger partial charge in [-0.2, -0.15) is 0 Å². The Hall–Kier alpha value is -1.95. The van der Waals surface area contributed by atoms with Gasteiger partial charge in [-0.3, -0.25) is 4.90 Å². The number of carbonyl (C=O) groups is 1. The van der Waals surface area contributed by atoms with Crippen LogP contribution in [0.5, 0.6) is 5.75 Å². The molecule has 1 amide bonds. The summed E-state index contributed by atoms with van der Waals surface area (Å²) in [5, 5.41) is 2.80. The number of nitrogens with one attached hydrogen (secondary N) is 1.